The molecule has 7 heteroatoms. The van der Waals surface area contributed by atoms with Gasteiger partial charge in [-0.2, -0.15) is 0 Å². The first kappa shape index (κ1) is 24.4. The van der Waals surface area contributed by atoms with Gasteiger partial charge in [0.25, 0.3) is 11.5 Å². The minimum Gasteiger partial charge on any atom is -0.456 e. The highest BCUT2D eigenvalue weighted by Gasteiger charge is 2.20. The molecule has 0 saturated carbocycles. The van der Waals surface area contributed by atoms with Crippen molar-refractivity contribution >= 4 is 32.9 Å². The molecule has 4 rings (SSSR count). The molecule has 1 amide bonds. The molecule has 2 heterocycles. The first-order chi connectivity index (χ1) is 16.6. The van der Waals surface area contributed by atoms with Gasteiger partial charge in [-0.3, -0.25) is 9.59 Å². The van der Waals surface area contributed by atoms with Gasteiger partial charge in [0.05, 0.1) is 15.0 Å². The summed E-state index contributed by atoms with van der Waals surface area (Å²) < 4.78 is 22.5. The zero-order chi connectivity index (χ0) is 25.4. The van der Waals surface area contributed by atoms with Crippen molar-refractivity contribution in [3.8, 4) is 22.6 Å². The van der Waals surface area contributed by atoms with E-state index in [-0.39, 0.29) is 17.3 Å². The monoisotopic (exact) mass is 490 g/mol. The van der Waals surface area contributed by atoms with E-state index in [1.54, 1.807) is 33.2 Å². The van der Waals surface area contributed by atoms with Gasteiger partial charge in [0.15, 0.2) is 0 Å². The maximum atomic E-state index is 13.9. The van der Waals surface area contributed by atoms with Gasteiger partial charge >= 0.3 is 0 Å². The average Bonchev–Trinajstić information content (AvgIpc) is 3.25. The Kier molecular flexibility index (Phi) is 6.63. The Morgan fingerprint density at radius 1 is 1.14 bits per heavy atom. The number of thiophene rings is 1. The fraction of sp³-hybridized carbons (Fsp3) is 0.214. The van der Waals surface area contributed by atoms with Crippen molar-refractivity contribution < 1.29 is 13.9 Å². The molecule has 0 fully saturated rings. The summed E-state index contributed by atoms with van der Waals surface area (Å²) in [6.07, 6.45) is 1.76. The van der Waals surface area contributed by atoms with Crippen LogP contribution in [-0.4, -0.2) is 17.0 Å². The fourth-order valence-electron chi connectivity index (χ4n) is 4.07. The third kappa shape index (κ3) is 4.64. The molecular weight excluding hydrogens is 463 g/mol. The molecular formula is C28H27FN2O3S. The third-order valence-electron chi connectivity index (χ3n) is 5.81. The molecule has 1 N–H and O–H groups in total. The van der Waals surface area contributed by atoms with Crippen LogP contribution in [0.25, 0.3) is 26.8 Å². The summed E-state index contributed by atoms with van der Waals surface area (Å²) in [6.45, 7) is 11.9. The molecule has 0 aliphatic rings. The smallest absolute Gasteiger partial charge is 0.261 e. The van der Waals surface area contributed by atoms with Crippen molar-refractivity contribution in [2.75, 3.05) is 6.54 Å². The van der Waals surface area contributed by atoms with E-state index in [2.05, 4.69) is 11.9 Å². The van der Waals surface area contributed by atoms with Crippen molar-refractivity contribution in [3.63, 3.8) is 0 Å². The van der Waals surface area contributed by atoms with E-state index >= 15 is 0 Å². The van der Waals surface area contributed by atoms with Crippen LogP contribution in [0.3, 0.4) is 0 Å². The van der Waals surface area contributed by atoms with Gasteiger partial charge in [0, 0.05) is 30.9 Å². The van der Waals surface area contributed by atoms with E-state index in [1.165, 1.54) is 28.0 Å². The number of aromatic nitrogens is 1. The molecule has 180 valence electrons. The van der Waals surface area contributed by atoms with Crippen LogP contribution < -0.4 is 15.6 Å². The van der Waals surface area contributed by atoms with Crippen LogP contribution in [0.5, 0.6) is 11.5 Å². The van der Waals surface area contributed by atoms with Crippen molar-refractivity contribution in [3.05, 3.63) is 86.9 Å². The molecule has 0 aliphatic heterocycles. The number of amides is 1. The molecule has 2 aromatic heterocycles. The van der Waals surface area contributed by atoms with Crippen molar-refractivity contribution in [2.45, 2.75) is 27.7 Å². The van der Waals surface area contributed by atoms with E-state index < -0.39 is 0 Å². The maximum Gasteiger partial charge on any atom is 0.261 e. The lowest BCUT2D eigenvalue weighted by atomic mass is 9.99. The van der Waals surface area contributed by atoms with Gasteiger partial charge in [-0.25, -0.2) is 4.39 Å². The number of halogens is 1. The van der Waals surface area contributed by atoms with Gasteiger partial charge in [0.2, 0.25) is 0 Å². The first-order valence-electron chi connectivity index (χ1n) is 11.3. The lowest BCUT2D eigenvalue weighted by Crippen LogP contribution is -2.21. The summed E-state index contributed by atoms with van der Waals surface area (Å²) in [4.78, 5) is 25.9. The van der Waals surface area contributed by atoms with Gasteiger partial charge in [-0.1, -0.05) is 18.2 Å². The average molecular weight is 491 g/mol. The molecule has 4 aromatic rings. The highest BCUT2D eigenvalue weighted by molar-refractivity contribution is 7.21. The van der Waals surface area contributed by atoms with Crippen LogP contribution in [0.2, 0.25) is 0 Å². The number of allylic oxidation sites excluding steroid dienone is 1. The number of nitrogens with one attached hydrogen (secondary N) is 1. The van der Waals surface area contributed by atoms with Gasteiger partial charge < -0.3 is 14.6 Å². The van der Waals surface area contributed by atoms with Crippen LogP contribution in [-0.2, 0) is 7.05 Å². The zero-order valence-corrected chi connectivity index (χ0v) is 21.2. The van der Waals surface area contributed by atoms with Crippen molar-refractivity contribution in [2.24, 2.45) is 7.05 Å². The number of carbonyl (C=O) groups is 1. The second-order valence-electron chi connectivity index (χ2n) is 8.63. The highest BCUT2D eigenvalue weighted by atomic mass is 32.1. The maximum absolute atomic E-state index is 13.9. The summed E-state index contributed by atoms with van der Waals surface area (Å²) >= 11 is 1.27. The number of aryl methyl sites for hydroxylation is 3. The molecule has 0 spiro atoms. The Labute approximate surface area is 207 Å². The fourth-order valence-corrected chi connectivity index (χ4v) is 5.16. The normalized spacial score (nSPS) is 11.0. The van der Waals surface area contributed by atoms with E-state index in [0.29, 0.717) is 44.1 Å². The van der Waals surface area contributed by atoms with Gasteiger partial charge in [0.1, 0.15) is 17.3 Å². The number of ether oxygens (including phenoxy) is 1. The SMILES string of the molecule is C=C(C)c1ccc(Oc2c(C)cc(F)cc2C)c(-c2cn(C)c(=O)c3cc(C(=O)NCC)sc23)c1. The minimum absolute atomic E-state index is 0.181. The molecule has 5 nitrogen and oxygen atoms in total. The van der Waals surface area contributed by atoms with Crippen LogP contribution in [0.15, 0.2) is 54.0 Å². The van der Waals surface area contributed by atoms with E-state index in [1.807, 2.05) is 32.0 Å². The number of nitrogens with zero attached hydrogens (tertiary/aromatic N) is 1. The molecule has 0 unspecified atom stereocenters. The lowest BCUT2D eigenvalue weighted by molar-refractivity contribution is 0.0960. The molecule has 0 radical (unpaired) electrons. The van der Waals surface area contributed by atoms with Gasteiger partial charge in [-0.15, -0.1) is 11.3 Å². The van der Waals surface area contributed by atoms with Crippen molar-refractivity contribution in [1.82, 2.24) is 9.88 Å². The minimum atomic E-state index is -0.318. The lowest BCUT2D eigenvalue weighted by Gasteiger charge is -2.17. The molecule has 35 heavy (non-hydrogen) atoms. The van der Waals surface area contributed by atoms with Gasteiger partial charge in [-0.05, 0) is 74.7 Å². The largest absolute Gasteiger partial charge is 0.456 e. The van der Waals surface area contributed by atoms with E-state index in [0.717, 1.165) is 22.3 Å². The second-order valence-corrected chi connectivity index (χ2v) is 9.69. The number of benzene rings is 2. The summed E-state index contributed by atoms with van der Waals surface area (Å²) in [5.74, 6) is 0.597. The summed E-state index contributed by atoms with van der Waals surface area (Å²) in [5.41, 5.74) is 4.48. The molecule has 2 aromatic carbocycles. The second kappa shape index (κ2) is 9.50. The number of hydrogen-bond donors (Lipinski definition) is 1. The summed E-state index contributed by atoms with van der Waals surface area (Å²) in [7, 11) is 1.69. The summed E-state index contributed by atoms with van der Waals surface area (Å²) in [5, 5.41) is 3.27. The van der Waals surface area contributed by atoms with E-state index in [9.17, 15) is 14.0 Å². The van der Waals surface area contributed by atoms with Crippen molar-refractivity contribution in [1.29, 1.82) is 0 Å². The quantitative estimate of drug-likeness (QED) is 0.331. The Morgan fingerprint density at radius 2 is 1.83 bits per heavy atom. The topological polar surface area (TPSA) is 60.3 Å². The molecule has 0 saturated heterocycles. The summed E-state index contributed by atoms with van der Waals surface area (Å²) in [6, 6.07) is 10.3. The zero-order valence-electron chi connectivity index (χ0n) is 20.4. The van der Waals surface area contributed by atoms with Crippen LogP contribution in [0.1, 0.15) is 40.2 Å². The van der Waals surface area contributed by atoms with Crippen LogP contribution in [0.4, 0.5) is 4.39 Å². The first-order valence-corrected chi connectivity index (χ1v) is 12.1. The predicted molar refractivity (Wildman–Crippen MR) is 141 cm³/mol. The predicted octanol–water partition coefficient (Wildman–Crippen LogP) is 6.60. The number of rotatable bonds is 6. The number of hydrogen-bond acceptors (Lipinski definition) is 4. The number of carbonyl (C=O) groups excluding carboxylic acids is 1. The van der Waals surface area contributed by atoms with Crippen LogP contribution >= 0.6 is 11.3 Å². The Morgan fingerprint density at radius 3 is 2.46 bits per heavy atom. The third-order valence-corrected chi connectivity index (χ3v) is 6.98. The molecule has 0 atom stereocenters. The van der Waals surface area contributed by atoms with E-state index in [4.69, 9.17) is 4.74 Å². The Balaban J connectivity index is 1.98. The highest BCUT2D eigenvalue weighted by Crippen LogP contribution is 2.41. The number of fused-ring (bicyclic) bond motifs is 1. The standard InChI is InChI=1S/C28H27FN2O3S/c1-7-30-27(32)24-13-21-26(35-24)22(14-31(6)28(21)33)20-12-18(15(2)3)8-9-23(20)34-25-16(4)10-19(29)11-17(25)5/h8-14H,2,7H2,1,3-6H3,(H,30,32). The Bertz CT molecular complexity index is 1530. The molecule has 0 bridgehead atoms. The van der Waals surface area contributed by atoms with Crippen LogP contribution in [0, 0.1) is 19.7 Å². The molecule has 0 aliphatic carbocycles. The Hall–Kier alpha value is -3.71. The number of pyridine rings is 1.